The number of nitro groups is 1. The second kappa shape index (κ2) is 5.75. The molecule has 0 N–H and O–H groups in total. The standard InChI is InChI=1S/C13H16ClNO4/c1-3-18-13-10(14)7-12(13)19-11-6-9(15(16)17)5-4-8(11)2/h4-6,10,12-13H,3,7H2,1-2H3. The lowest BCUT2D eigenvalue weighted by Gasteiger charge is -2.40. The Hall–Kier alpha value is -1.33. The molecule has 1 saturated carbocycles. The van der Waals surface area contributed by atoms with Crippen molar-refractivity contribution in [3.8, 4) is 5.75 Å². The molecule has 0 bridgehead atoms. The second-order valence-electron chi connectivity index (χ2n) is 4.53. The zero-order valence-corrected chi connectivity index (χ0v) is 11.6. The predicted molar refractivity (Wildman–Crippen MR) is 71.9 cm³/mol. The molecule has 1 fully saturated rings. The molecule has 0 amide bonds. The Balaban J connectivity index is 2.10. The number of alkyl halides is 1. The van der Waals surface area contributed by atoms with Crippen molar-refractivity contribution in [1.29, 1.82) is 0 Å². The normalized spacial score (nSPS) is 25.7. The predicted octanol–water partition coefficient (Wildman–Crippen LogP) is 3.07. The summed E-state index contributed by atoms with van der Waals surface area (Å²) in [5.41, 5.74) is 0.883. The number of rotatable bonds is 5. The number of benzene rings is 1. The monoisotopic (exact) mass is 285 g/mol. The molecule has 0 spiro atoms. The quantitative estimate of drug-likeness (QED) is 0.474. The first kappa shape index (κ1) is 14.1. The molecule has 1 aliphatic carbocycles. The summed E-state index contributed by atoms with van der Waals surface area (Å²) in [7, 11) is 0. The maximum atomic E-state index is 10.8. The number of non-ortho nitro benzene ring substituents is 1. The summed E-state index contributed by atoms with van der Waals surface area (Å²) >= 11 is 6.06. The van der Waals surface area contributed by atoms with Crippen LogP contribution in [0.2, 0.25) is 0 Å². The van der Waals surface area contributed by atoms with E-state index in [4.69, 9.17) is 21.1 Å². The van der Waals surface area contributed by atoms with Gasteiger partial charge in [-0.1, -0.05) is 0 Å². The maximum absolute atomic E-state index is 10.8. The molecule has 1 aromatic carbocycles. The van der Waals surface area contributed by atoms with Crippen LogP contribution < -0.4 is 4.74 Å². The summed E-state index contributed by atoms with van der Waals surface area (Å²) in [5, 5.41) is 10.7. The van der Waals surface area contributed by atoms with Crippen molar-refractivity contribution in [2.24, 2.45) is 0 Å². The molecule has 5 nitrogen and oxygen atoms in total. The van der Waals surface area contributed by atoms with Crippen LogP contribution in [0.1, 0.15) is 18.9 Å². The molecule has 1 aliphatic rings. The minimum atomic E-state index is -0.433. The lowest BCUT2D eigenvalue weighted by Crippen LogP contribution is -2.52. The van der Waals surface area contributed by atoms with Gasteiger partial charge >= 0.3 is 0 Å². The molecule has 3 unspecified atom stereocenters. The fourth-order valence-corrected chi connectivity index (χ4v) is 2.45. The van der Waals surface area contributed by atoms with E-state index in [-0.39, 0.29) is 23.3 Å². The minimum absolute atomic E-state index is 0.0234. The van der Waals surface area contributed by atoms with E-state index in [0.29, 0.717) is 18.8 Å². The minimum Gasteiger partial charge on any atom is -0.487 e. The first-order chi connectivity index (χ1) is 9.02. The zero-order chi connectivity index (χ0) is 14.0. The summed E-state index contributed by atoms with van der Waals surface area (Å²) in [6.07, 6.45) is 0.405. The molecule has 1 aromatic rings. The van der Waals surface area contributed by atoms with Gasteiger partial charge in [0, 0.05) is 19.1 Å². The highest BCUT2D eigenvalue weighted by Crippen LogP contribution is 2.35. The Morgan fingerprint density at radius 2 is 2.26 bits per heavy atom. The third-order valence-electron chi connectivity index (χ3n) is 3.20. The van der Waals surface area contributed by atoms with Crippen LogP contribution in [-0.4, -0.2) is 29.1 Å². The largest absolute Gasteiger partial charge is 0.487 e. The number of hydrogen-bond acceptors (Lipinski definition) is 4. The van der Waals surface area contributed by atoms with Crippen molar-refractivity contribution >= 4 is 17.3 Å². The van der Waals surface area contributed by atoms with Gasteiger partial charge in [0.2, 0.25) is 0 Å². The van der Waals surface area contributed by atoms with Crippen LogP contribution in [-0.2, 0) is 4.74 Å². The number of hydrogen-bond donors (Lipinski definition) is 0. The van der Waals surface area contributed by atoms with Gasteiger partial charge in [0.15, 0.2) is 0 Å². The highest BCUT2D eigenvalue weighted by molar-refractivity contribution is 6.21. The van der Waals surface area contributed by atoms with E-state index in [1.807, 2.05) is 13.8 Å². The summed E-state index contributed by atoms with van der Waals surface area (Å²) in [6, 6.07) is 4.59. The summed E-state index contributed by atoms with van der Waals surface area (Å²) in [6.45, 7) is 4.32. The van der Waals surface area contributed by atoms with E-state index in [0.717, 1.165) is 5.56 Å². The van der Waals surface area contributed by atoms with Gasteiger partial charge in [-0.2, -0.15) is 0 Å². The molecule has 0 heterocycles. The Labute approximate surface area is 116 Å². The van der Waals surface area contributed by atoms with Crippen LogP contribution in [0, 0.1) is 17.0 Å². The van der Waals surface area contributed by atoms with Crippen LogP contribution >= 0.6 is 11.6 Å². The van der Waals surface area contributed by atoms with Crippen molar-refractivity contribution in [3.05, 3.63) is 33.9 Å². The first-order valence-electron chi connectivity index (χ1n) is 6.20. The summed E-state index contributed by atoms with van der Waals surface area (Å²) in [5.74, 6) is 0.521. The first-order valence-corrected chi connectivity index (χ1v) is 6.64. The third kappa shape index (κ3) is 2.98. The van der Waals surface area contributed by atoms with E-state index in [9.17, 15) is 10.1 Å². The molecule has 104 valence electrons. The van der Waals surface area contributed by atoms with Crippen LogP contribution in [0.5, 0.6) is 5.75 Å². The van der Waals surface area contributed by atoms with Crippen molar-refractivity contribution in [2.45, 2.75) is 37.9 Å². The van der Waals surface area contributed by atoms with Crippen LogP contribution in [0.25, 0.3) is 0 Å². The van der Waals surface area contributed by atoms with Gasteiger partial charge in [-0.15, -0.1) is 11.6 Å². The van der Waals surface area contributed by atoms with Gasteiger partial charge in [0.25, 0.3) is 5.69 Å². The van der Waals surface area contributed by atoms with E-state index in [1.54, 1.807) is 6.07 Å². The van der Waals surface area contributed by atoms with Gasteiger partial charge in [0.1, 0.15) is 18.0 Å². The van der Waals surface area contributed by atoms with Gasteiger partial charge in [0.05, 0.1) is 16.4 Å². The third-order valence-corrected chi connectivity index (χ3v) is 3.63. The Bertz CT molecular complexity index is 480. The van der Waals surface area contributed by atoms with E-state index < -0.39 is 4.92 Å². The van der Waals surface area contributed by atoms with E-state index in [2.05, 4.69) is 0 Å². The molecule has 19 heavy (non-hydrogen) atoms. The second-order valence-corrected chi connectivity index (χ2v) is 5.10. The molecular weight excluding hydrogens is 270 g/mol. The van der Waals surface area contributed by atoms with Gasteiger partial charge in [-0.3, -0.25) is 10.1 Å². The molecule has 3 atom stereocenters. The summed E-state index contributed by atoms with van der Waals surface area (Å²) < 4.78 is 11.3. The summed E-state index contributed by atoms with van der Waals surface area (Å²) in [4.78, 5) is 10.3. The van der Waals surface area contributed by atoms with Crippen LogP contribution in [0.4, 0.5) is 5.69 Å². The lowest BCUT2D eigenvalue weighted by atomic mass is 9.91. The highest BCUT2D eigenvalue weighted by Gasteiger charge is 2.42. The SMILES string of the molecule is CCOC1C(Cl)CC1Oc1cc([N+](=O)[O-])ccc1C. The van der Waals surface area contributed by atoms with Crippen molar-refractivity contribution in [2.75, 3.05) is 6.61 Å². The number of nitro benzene ring substituents is 1. The average molecular weight is 286 g/mol. The molecule has 2 rings (SSSR count). The van der Waals surface area contributed by atoms with Crippen LogP contribution in [0.15, 0.2) is 18.2 Å². The van der Waals surface area contributed by atoms with Crippen molar-refractivity contribution in [1.82, 2.24) is 0 Å². The van der Waals surface area contributed by atoms with Gasteiger partial charge < -0.3 is 9.47 Å². The molecule has 6 heteroatoms. The molecule has 0 saturated heterocycles. The molecule has 0 radical (unpaired) electrons. The maximum Gasteiger partial charge on any atom is 0.273 e. The van der Waals surface area contributed by atoms with Crippen molar-refractivity contribution < 1.29 is 14.4 Å². The number of aryl methyl sites for hydroxylation is 1. The van der Waals surface area contributed by atoms with Gasteiger partial charge in [-0.25, -0.2) is 0 Å². The highest BCUT2D eigenvalue weighted by atomic mass is 35.5. The molecular formula is C13H16ClNO4. The molecule has 0 aliphatic heterocycles. The lowest BCUT2D eigenvalue weighted by molar-refractivity contribution is -0.385. The Morgan fingerprint density at radius 3 is 2.84 bits per heavy atom. The smallest absolute Gasteiger partial charge is 0.273 e. The van der Waals surface area contributed by atoms with Gasteiger partial charge in [-0.05, 0) is 25.5 Å². The van der Waals surface area contributed by atoms with E-state index in [1.165, 1.54) is 12.1 Å². The average Bonchev–Trinajstić information content (AvgIpc) is 2.37. The van der Waals surface area contributed by atoms with E-state index >= 15 is 0 Å². The molecule has 0 aromatic heterocycles. The van der Waals surface area contributed by atoms with Crippen LogP contribution in [0.3, 0.4) is 0 Å². The topological polar surface area (TPSA) is 61.6 Å². The number of ether oxygens (including phenoxy) is 2. The number of nitrogens with zero attached hydrogens (tertiary/aromatic N) is 1. The number of halogens is 1. The van der Waals surface area contributed by atoms with Crippen molar-refractivity contribution in [3.63, 3.8) is 0 Å². The fourth-order valence-electron chi connectivity index (χ4n) is 2.04. The Morgan fingerprint density at radius 1 is 1.53 bits per heavy atom. The Kier molecular flexibility index (Phi) is 4.27. The zero-order valence-electron chi connectivity index (χ0n) is 10.8. The fraction of sp³-hybridized carbons (Fsp3) is 0.538.